The number of sulfone groups is 1. The third-order valence-corrected chi connectivity index (χ3v) is 3.67. The van der Waals surface area contributed by atoms with E-state index in [1.165, 1.54) is 12.1 Å². The summed E-state index contributed by atoms with van der Waals surface area (Å²) in [6.45, 7) is 1.77. The number of aryl methyl sites for hydroxylation is 1. The van der Waals surface area contributed by atoms with Gasteiger partial charge in [0.15, 0.2) is 21.3 Å². The average molecular weight is 281 g/mol. The summed E-state index contributed by atoms with van der Waals surface area (Å²) in [5.41, 5.74) is 0.810. The van der Waals surface area contributed by atoms with Gasteiger partial charge in [-0.3, -0.25) is 0 Å². The van der Waals surface area contributed by atoms with Gasteiger partial charge >= 0.3 is 5.97 Å². The summed E-state index contributed by atoms with van der Waals surface area (Å²) < 4.78 is 28.4. The molecule has 0 amide bonds. The van der Waals surface area contributed by atoms with Crippen LogP contribution in [0.3, 0.4) is 0 Å². The van der Waals surface area contributed by atoms with Crippen LogP contribution in [0.25, 0.3) is 11.3 Å². The molecule has 100 valence electrons. The fourth-order valence-electron chi connectivity index (χ4n) is 1.64. The van der Waals surface area contributed by atoms with Crippen molar-refractivity contribution >= 4 is 15.8 Å². The summed E-state index contributed by atoms with van der Waals surface area (Å²) in [6.07, 6.45) is 1.08. The molecule has 1 N–H and O–H groups in total. The standard InChI is InChI=1S/C12H11NO5S/c1-7-3-4-8(11(5-7)19(2,16)17)10-6-9(12(14)15)13-18-10/h3-6H,1-2H3,(H,14,15). The zero-order chi connectivity index (χ0) is 14.2. The quantitative estimate of drug-likeness (QED) is 0.920. The van der Waals surface area contributed by atoms with Crippen LogP contribution >= 0.6 is 0 Å². The Bertz CT molecular complexity index is 745. The fourth-order valence-corrected chi connectivity index (χ4v) is 2.61. The topological polar surface area (TPSA) is 97.5 Å². The van der Waals surface area contributed by atoms with Crippen LogP contribution in [0.4, 0.5) is 0 Å². The van der Waals surface area contributed by atoms with E-state index in [0.29, 0.717) is 5.56 Å². The number of carbonyl (C=O) groups is 1. The number of hydrogen-bond acceptors (Lipinski definition) is 5. The SMILES string of the molecule is Cc1ccc(-c2cc(C(=O)O)no2)c(S(C)(=O)=O)c1. The van der Waals surface area contributed by atoms with E-state index in [0.717, 1.165) is 11.8 Å². The van der Waals surface area contributed by atoms with Gasteiger partial charge in [-0.15, -0.1) is 0 Å². The van der Waals surface area contributed by atoms with Crippen molar-refractivity contribution in [2.75, 3.05) is 6.26 Å². The lowest BCUT2D eigenvalue weighted by Gasteiger charge is -2.05. The molecule has 0 radical (unpaired) electrons. The molecular formula is C12H11NO5S. The van der Waals surface area contributed by atoms with E-state index in [2.05, 4.69) is 5.16 Å². The van der Waals surface area contributed by atoms with E-state index in [-0.39, 0.29) is 16.3 Å². The summed E-state index contributed by atoms with van der Waals surface area (Å²) in [5, 5.41) is 12.1. The Morgan fingerprint density at radius 2 is 2.00 bits per heavy atom. The van der Waals surface area contributed by atoms with Crippen LogP contribution in [-0.2, 0) is 9.84 Å². The summed E-state index contributed by atoms with van der Waals surface area (Å²) in [4.78, 5) is 10.8. The number of benzene rings is 1. The van der Waals surface area contributed by atoms with E-state index in [4.69, 9.17) is 9.63 Å². The lowest BCUT2D eigenvalue weighted by atomic mass is 10.1. The Balaban J connectivity index is 2.65. The Morgan fingerprint density at radius 3 is 2.53 bits per heavy atom. The molecule has 0 saturated heterocycles. The molecule has 0 saturated carbocycles. The minimum absolute atomic E-state index is 0.0839. The summed E-state index contributed by atoms with van der Waals surface area (Å²) in [6, 6.07) is 5.99. The molecule has 7 heteroatoms. The van der Waals surface area contributed by atoms with E-state index in [1.807, 2.05) is 0 Å². The Labute approximate surface area is 109 Å². The molecule has 0 aliphatic rings. The number of nitrogens with zero attached hydrogens (tertiary/aromatic N) is 1. The van der Waals surface area contributed by atoms with Crippen molar-refractivity contribution in [1.82, 2.24) is 5.16 Å². The number of carboxylic acid groups (broad SMARTS) is 1. The van der Waals surface area contributed by atoms with Crippen LogP contribution in [0.5, 0.6) is 0 Å². The maximum atomic E-state index is 11.7. The number of hydrogen-bond donors (Lipinski definition) is 1. The number of aromatic nitrogens is 1. The van der Waals surface area contributed by atoms with Crippen molar-refractivity contribution in [3.05, 3.63) is 35.5 Å². The second kappa shape index (κ2) is 4.51. The third-order valence-electron chi connectivity index (χ3n) is 2.53. The highest BCUT2D eigenvalue weighted by Gasteiger charge is 2.19. The number of rotatable bonds is 3. The van der Waals surface area contributed by atoms with Crippen LogP contribution in [-0.4, -0.2) is 30.9 Å². The van der Waals surface area contributed by atoms with Crippen LogP contribution in [0.15, 0.2) is 33.7 Å². The molecule has 0 aliphatic carbocycles. The van der Waals surface area contributed by atoms with Gasteiger partial charge in [0.2, 0.25) is 0 Å². The largest absolute Gasteiger partial charge is 0.476 e. The third kappa shape index (κ3) is 2.65. The van der Waals surface area contributed by atoms with E-state index >= 15 is 0 Å². The van der Waals surface area contributed by atoms with Gasteiger partial charge in [0.05, 0.1) is 4.90 Å². The lowest BCUT2D eigenvalue weighted by molar-refractivity contribution is 0.0686. The minimum Gasteiger partial charge on any atom is -0.476 e. The van der Waals surface area contributed by atoms with Crippen molar-refractivity contribution in [3.63, 3.8) is 0 Å². The Hall–Kier alpha value is -2.15. The Morgan fingerprint density at radius 1 is 1.32 bits per heavy atom. The maximum Gasteiger partial charge on any atom is 0.358 e. The van der Waals surface area contributed by atoms with Gasteiger partial charge in [0.1, 0.15) is 0 Å². The van der Waals surface area contributed by atoms with E-state index < -0.39 is 15.8 Å². The van der Waals surface area contributed by atoms with E-state index in [9.17, 15) is 13.2 Å². The van der Waals surface area contributed by atoms with Gasteiger partial charge in [-0.25, -0.2) is 13.2 Å². The molecule has 2 aromatic rings. The van der Waals surface area contributed by atoms with Gasteiger partial charge in [0.25, 0.3) is 0 Å². The predicted octanol–water partition coefficient (Wildman–Crippen LogP) is 1.75. The normalized spacial score (nSPS) is 11.5. The second-order valence-corrected chi connectivity index (χ2v) is 6.14. The first-order chi connectivity index (χ1) is 8.79. The molecule has 0 bridgehead atoms. The number of carboxylic acids is 1. The molecule has 1 aromatic carbocycles. The van der Waals surface area contributed by atoms with Gasteiger partial charge in [0, 0.05) is 17.9 Å². The van der Waals surface area contributed by atoms with Gasteiger partial charge < -0.3 is 9.63 Å². The molecule has 0 spiro atoms. The highest BCUT2D eigenvalue weighted by Crippen LogP contribution is 2.28. The van der Waals surface area contributed by atoms with E-state index in [1.54, 1.807) is 19.1 Å². The first kappa shape index (κ1) is 13.3. The number of aromatic carboxylic acids is 1. The first-order valence-corrected chi connectivity index (χ1v) is 7.19. The second-order valence-electron chi connectivity index (χ2n) is 4.15. The lowest BCUT2D eigenvalue weighted by Crippen LogP contribution is -2.00. The summed E-state index contributed by atoms with van der Waals surface area (Å²) in [7, 11) is -3.45. The minimum atomic E-state index is -3.45. The summed E-state index contributed by atoms with van der Waals surface area (Å²) >= 11 is 0. The molecule has 0 unspecified atom stereocenters. The molecule has 0 atom stereocenters. The van der Waals surface area contributed by atoms with Crippen LogP contribution in [0.2, 0.25) is 0 Å². The zero-order valence-electron chi connectivity index (χ0n) is 10.2. The maximum absolute atomic E-state index is 11.7. The average Bonchev–Trinajstić information content (AvgIpc) is 2.77. The van der Waals surface area contributed by atoms with Gasteiger partial charge in [-0.2, -0.15) is 0 Å². The van der Waals surface area contributed by atoms with Gasteiger partial charge in [-0.05, 0) is 24.6 Å². The van der Waals surface area contributed by atoms with Gasteiger partial charge in [-0.1, -0.05) is 11.2 Å². The molecule has 1 aromatic heterocycles. The highest BCUT2D eigenvalue weighted by atomic mass is 32.2. The molecule has 0 fully saturated rings. The molecule has 0 aliphatic heterocycles. The summed E-state index contributed by atoms with van der Waals surface area (Å²) in [5.74, 6) is -1.12. The van der Waals surface area contributed by atoms with Crippen LogP contribution in [0.1, 0.15) is 16.1 Å². The van der Waals surface area contributed by atoms with Crippen molar-refractivity contribution in [3.8, 4) is 11.3 Å². The predicted molar refractivity (Wildman–Crippen MR) is 66.7 cm³/mol. The van der Waals surface area contributed by atoms with Crippen molar-refractivity contribution in [2.45, 2.75) is 11.8 Å². The smallest absolute Gasteiger partial charge is 0.358 e. The van der Waals surface area contributed by atoms with Crippen molar-refractivity contribution in [2.24, 2.45) is 0 Å². The van der Waals surface area contributed by atoms with Crippen LogP contribution in [0, 0.1) is 6.92 Å². The molecular weight excluding hydrogens is 270 g/mol. The molecule has 6 nitrogen and oxygen atoms in total. The van der Waals surface area contributed by atoms with Crippen LogP contribution < -0.4 is 0 Å². The molecule has 2 rings (SSSR count). The molecule has 1 heterocycles. The monoisotopic (exact) mass is 281 g/mol. The van der Waals surface area contributed by atoms with Crippen molar-refractivity contribution < 1.29 is 22.8 Å². The van der Waals surface area contributed by atoms with Crippen molar-refractivity contribution in [1.29, 1.82) is 0 Å². The first-order valence-electron chi connectivity index (χ1n) is 5.30. The zero-order valence-corrected chi connectivity index (χ0v) is 11.1. The molecule has 19 heavy (non-hydrogen) atoms. The fraction of sp³-hybridized carbons (Fsp3) is 0.167. The Kier molecular flexibility index (Phi) is 3.15. The highest BCUT2D eigenvalue weighted by molar-refractivity contribution is 7.90.